The number of thiophene rings is 1. The highest BCUT2D eigenvalue weighted by molar-refractivity contribution is 7.11. The number of hydrogen-bond donors (Lipinski definition) is 1. The number of rotatable bonds is 5. The van der Waals surface area contributed by atoms with Gasteiger partial charge in [-0.15, -0.1) is 11.3 Å². The summed E-state index contributed by atoms with van der Waals surface area (Å²) >= 11 is 7.39. The van der Waals surface area contributed by atoms with Crippen molar-refractivity contribution in [1.29, 1.82) is 0 Å². The van der Waals surface area contributed by atoms with Crippen LogP contribution in [0.25, 0.3) is 0 Å². The monoisotopic (exact) mass is 308 g/mol. The minimum Gasteiger partial charge on any atom is -0.383 e. The Hall–Kier alpha value is -1.85. The Bertz CT molecular complexity index is 599. The van der Waals surface area contributed by atoms with Crippen molar-refractivity contribution in [2.75, 3.05) is 5.32 Å². The van der Waals surface area contributed by atoms with Gasteiger partial charge in [0.2, 0.25) is 6.10 Å². The number of nitrogens with one attached hydrogen (secondary N) is 1. The van der Waals surface area contributed by atoms with Crippen molar-refractivity contribution in [3.63, 3.8) is 0 Å². The van der Waals surface area contributed by atoms with Crippen molar-refractivity contribution in [3.05, 3.63) is 51.7 Å². The minimum absolute atomic E-state index is 0.282. The van der Waals surface area contributed by atoms with Crippen LogP contribution < -0.4 is 5.32 Å². The molecule has 0 fully saturated rings. The Morgan fingerprint density at radius 3 is 3.00 bits per heavy atom. The zero-order chi connectivity index (χ0) is 14.4. The average molecular weight is 309 g/mol. The van der Waals surface area contributed by atoms with Crippen molar-refractivity contribution in [1.82, 2.24) is 0 Å². The van der Waals surface area contributed by atoms with Gasteiger partial charge in [0.25, 0.3) is 5.91 Å². The van der Waals surface area contributed by atoms with Gasteiger partial charge in [-0.05, 0) is 36.6 Å². The van der Waals surface area contributed by atoms with Crippen LogP contribution in [0.15, 0.2) is 46.9 Å². The standard InChI is InChI=1S/C14H13ClN2O2S/c1-10(19-16-9-13-6-3-7-20-13)14(18)17-12-5-2-4-11(15)8-12/h2-10H,1H3,(H,17,18)/b16-9-/t10-/m1/s1. The summed E-state index contributed by atoms with van der Waals surface area (Å²) in [5.74, 6) is -0.282. The highest BCUT2D eigenvalue weighted by Gasteiger charge is 2.14. The second-order valence-electron chi connectivity index (χ2n) is 4.00. The van der Waals surface area contributed by atoms with Gasteiger partial charge in [0.05, 0.1) is 6.21 Å². The zero-order valence-corrected chi connectivity index (χ0v) is 12.3. The van der Waals surface area contributed by atoms with Gasteiger partial charge < -0.3 is 10.2 Å². The van der Waals surface area contributed by atoms with E-state index in [-0.39, 0.29) is 5.91 Å². The molecule has 1 heterocycles. The van der Waals surface area contributed by atoms with E-state index in [1.165, 1.54) is 0 Å². The zero-order valence-electron chi connectivity index (χ0n) is 10.7. The maximum Gasteiger partial charge on any atom is 0.267 e. The van der Waals surface area contributed by atoms with Crippen molar-refractivity contribution < 1.29 is 9.63 Å². The molecule has 0 spiro atoms. The Labute approximate surface area is 126 Å². The Kier molecular flexibility index (Phi) is 5.15. The van der Waals surface area contributed by atoms with Crippen LogP contribution in [0.1, 0.15) is 11.8 Å². The summed E-state index contributed by atoms with van der Waals surface area (Å²) in [6, 6.07) is 10.8. The normalized spacial score (nSPS) is 12.3. The van der Waals surface area contributed by atoms with Crippen LogP contribution in [0.4, 0.5) is 5.69 Å². The van der Waals surface area contributed by atoms with Crippen LogP contribution in [0.3, 0.4) is 0 Å². The molecule has 4 nitrogen and oxygen atoms in total. The summed E-state index contributed by atoms with van der Waals surface area (Å²) in [7, 11) is 0. The van der Waals surface area contributed by atoms with Crippen LogP contribution in [-0.4, -0.2) is 18.2 Å². The topological polar surface area (TPSA) is 50.7 Å². The van der Waals surface area contributed by atoms with Crippen LogP contribution >= 0.6 is 22.9 Å². The van der Waals surface area contributed by atoms with Crippen LogP contribution in [0.5, 0.6) is 0 Å². The molecule has 2 rings (SSSR count). The molecule has 0 aliphatic heterocycles. The van der Waals surface area contributed by atoms with Gasteiger partial charge in [0.1, 0.15) is 0 Å². The van der Waals surface area contributed by atoms with Crippen LogP contribution in [0.2, 0.25) is 5.02 Å². The van der Waals surface area contributed by atoms with Gasteiger partial charge in [-0.1, -0.05) is 28.9 Å². The van der Waals surface area contributed by atoms with E-state index in [0.717, 1.165) is 4.88 Å². The number of anilines is 1. The first-order chi connectivity index (χ1) is 9.65. The lowest BCUT2D eigenvalue weighted by Gasteiger charge is -2.10. The number of benzene rings is 1. The molecule has 1 amide bonds. The molecule has 20 heavy (non-hydrogen) atoms. The molecular weight excluding hydrogens is 296 g/mol. The van der Waals surface area contributed by atoms with E-state index >= 15 is 0 Å². The second-order valence-corrected chi connectivity index (χ2v) is 5.41. The van der Waals surface area contributed by atoms with Gasteiger partial charge in [0, 0.05) is 15.6 Å². The maximum atomic E-state index is 11.9. The smallest absolute Gasteiger partial charge is 0.267 e. The number of nitrogens with zero attached hydrogens (tertiary/aromatic N) is 1. The van der Waals surface area contributed by atoms with Gasteiger partial charge in [-0.25, -0.2) is 0 Å². The lowest BCUT2D eigenvalue weighted by molar-refractivity contribution is -0.126. The van der Waals surface area contributed by atoms with Crippen LogP contribution in [-0.2, 0) is 9.63 Å². The average Bonchev–Trinajstić information content (AvgIpc) is 2.91. The third-order valence-corrected chi connectivity index (χ3v) is 3.45. The predicted molar refractivity (Wildman–Crippen MR) is 82.5 cm³/mol. The van der Waals surface area contributed by atoms with E-state index in [9.17, 15) is 4.79 Å². The molecule has 1 N–H and O–H groups in total. The first-order valence-corrected chi connectivity index (χ1v) is 7.20. The molecule has 1 aromatic heterocycles. The summed E-state index contributed by atoms with van der Waals surface area (Å²) in [6.45, 7) is 1.63. The quantitative estimate of drug-likeness (QED) is 0.675. The first kappa shape index (κ1) is 14.6. The molecule has 0 bridgehead atoms. The number of carbonyl (C=O) groups excluding carboxylic acids is 1. The molecule has 1 atom stereocenters. The molecule has 0 saturated heterocycles. The largest absolute Gasteiger partial charge is 0.383 e. The summed E-state index contributed by atoms with van der Waals surface area (Å²) in [5.41, 5.74) is 0.625. The van der Waals surface area contributed by atoms with Crippen molar-refractivity contribution in [2.24, 2.45) is 5.16 Å². The first-order valence-electron chi connectivity index (χ1n) is 5.94. The fraction of sp³-hybridized carbons (Fsp3) is 0.143. The molecule has 0 aliphatic rings. The minimum atomic E-state index is -0.690. The van der Waals surface area contributed by atoms with Gasteiger partial charge in [0.15, 0.2) is 0 Å². The van der Waals surface area contributed by atoms with Gasteiger partial charge >= 0.3 is 0 Å². The van der Waals surface area contributed by atoms with Gasteiger partial charge in [-0.2, -0.15) is 0 Å². The molecule has 104 valence electrons. The lowest BCUT2D eigenvalue weighted by Crippen LogP contribution is -2.26. The summed E-state index contributed by atoms with van der Waals surface area (Å²) < 4.78 is 0. The fourth-order valence-corrected chi connectivity index (χ4v) is 2.16. The third kappa shape index (κ3) is 4.36. The Morgan fingerprint density at radius 1 is 1.45 bits per heavy atom. The molecule has 1 aromatic carbocycles. The Morgan fingerprint density at radius 2 is 2.30 bits per heavy atom. The maximum absolute atomic E-state index is 11.9. The number of carbonyl (C=O) groups is 1. The van der Waals surface area contributed by atoms with E-state index < -0.39 is 6.10 Å². The number of halogens is 1. The molecule has 2 aromatic rings. The Balaban J connectivity index is 1.86. The second kappa shape index (κ2) is 7.07. The lowest BCUT2D eigenvalue weighted by atomic mass is 10.3. The van der Waals surface area contributed by atoms with E-state index in [1.54, 1.807) is 48.7 Å². The number of amides is 1. The molecule has 0 aliphatic carbocycles. The van der Waals surface area contributed by atoms with Crippen molar-refractivity contribution in [3.8, 4) is 0 Å². The SMILES string of the molecule is C[C@@H](O/N=C\c1cccs1)C(=O)Nc1cccc(Cl)c1. The third-order valence-electron chi connectivity index (χ3n) is 2.40. The van der Waals surface area contributed by atoms with Crippen molar-refractivity contribution >= 4 is 40.7 Å². The van der Waals surface area contributed by atoms with Crippen LogP contribution in [0, 0.1) is 0 Å². The van der Waals surface area contributed by atoms with E-state index in [0.29, 0.717) is 10.7 Å². The molecule has 0 radical (unpaired) electrons. The highest BCUT2D eigenvalue weighted by atomic mass is 35.5. The molecule has 0 saturated carbocycles. The summed E-state index contributed by atoms with van der Waals surface area (Å²) in [6.07, 6.45) is 0.888. The number of hydrogen-bond acceptors (Lipinski definition) is 4. The number of oxime groups is 1. The molecular formula is C14H13ClN2O2S. The molecule has 0 unspecified atom stereocenters. The fourth-order valence-electron chi connectivity index (χ4n) is 1.40. The van der Waals surface area contributed by atoms with E-state index in [4.69, 9.17) is 16.4 Å². The van der Waals surface area contributed by atoms with E-state index in [2.05, 4.69) is 10.5 Å². The van der Waals surface area contributed by atoms with Crippen molar-refractivity contribution in [2.45, 2.75) is 13.0 Å². The molecule has 6 heteroatoms. The highest BCUT2D eigenvalue weighted by Crippen LogP contribution is 2.15. The summed E-state index contributed by atoms with van der Waals surface area (Å²) in [5, 5.41) is 9.00. The summed E-state index contributed by atoms with van der Waals surface area (Å²) in [4.78, 5) is 17.9. The predicted octanol–water partition coefficient (Wildman–Crippen LogP) is 3.78. The van der Waals surface area contributed by atoms with E-state index in [1.807, 2.05) is 17.5 Å². The van der Waals surface area contributed by atoms with Gasteiger partial charge in [-0.3, -0.25) is 4.79 Å².